The minimum atomic E-state index is -0.593. The van der Waals surface area contributed by atoms with Gasteiger partial charge in [0.1, 0.15) is 12.4 Å². The molecule has 1 aliphatic carbocycles. The van der Waals surface area contributed by atoms with Gasteiger partial charge in [-0.15, -0.1) is 0 Å². The highest BCUT2D eigenvalue weighted by Gasteiger charge is 2.31. The van der Waals surface area contributed by atoms with E-state index in [9.17, 15) is 5.11 Å². The fourth-order valence-electron chi connectivity index (χ4n) is 2.78. The second-order valence-electron chi connectivity index (χ2n) is 5.89. The second kappa shape index (κ2) is 5.31. The van der Waals surface area contributed by atoms with Crippen LogP contribution < -0.4 is 4.74 Å². The van der Waals surface area contributed by atoms with Crippen molar-refractivity contribution in [2.75, 3.05) is 6.61 Å². The molecule has 2 nitrogen and oxygen atoms in total. The lowest BCUT2D eigenvalue weighted by Crippen LogP contribution is -2.32. The molecule has 0 spiro atoms. The van der Waals surface area contributed by atoms with Crippen molar-refractivity contribution >= 4 is 0 Å². The molecule has 18 heavy (non-hydrogen) atoms. The molecule has 0 aromatic heterocycles. The maximum Gasteiger partial charge on any atom is 0.119 e. The Morgan fingerprint density at radius 2 is 1.94 bits per heavy atom. The van der Waals surface area contributed by atoms with Crippen molar-refractivity contribution in [2.24, 2.45) is 0 Å². The summed E-state index contributed by atoms with van der Waals surface area (Å²) >= 11 is 0. The zero-order valence-electron chi connectivity index (χ0n) is 11.7. The third-order valence-corrected chi connectivity index (χ3v) is 3.91. The Morgan fingerprint density at radius 1 is 1.28 bits per heavy atom. The predicted octanol–water partition coefficient (Wildman–Crippen LogP) is 3.80. The SMILES string of the molecule is Cc1cc(OCC2(O)CCCC2)ccc1C(C)C. The van der Waals surface area contributed by atoms with Gasteiger partial charge in [0.05, 0.1) is 5.60 Å². The first-order chi connectivity index (χ1) is 8.50. The second-order valence-corrected chi connectivity index (χ2v) is 5.89. The Kier molecular flexibility index (Phi) is 3.96. The van der Waals surface area contributed by atoms with E-state index in [1.54, 1.807) is 0 Å². The number of rotatable bonds is 4. The lowest BCUT2D eigenvalue weighted by Gasteiger charge is -2.22. The zero-order chi connectivity index (χ0) is 13.2. The maximum atomic E-state index is 10.2. The maximum absolute atomic E-state index is 10.2. The van der Waals surface area contributed by atoms with Crippen LogP contribution >= 0.6 is 0 Å². The van der Waals surface area contributed by atoms with E-state index in [1.165, 1.54) is 11.1 Å². The van der Waals surface area contributed by atoms with E-state index in [4.69, 9.17) is 4.74 Å². The normalized spacial score (nSPS) is 18.3. The topological polar surface area (TPSA) is 29.5 Å². The van der Waals surface area contributed by atoms with E-state index in [1.807, 2.05) is 6.07 Å². The molecule has 100 valence electrons. The van der Waals surface area contributed by atoms with E-state index >= 15 is 0 Å². The first kappa shape index (κ1) is 13.4. The Morgan fingerprint density at radius 3 is 2.50 bits per heavy atom. The van der Waals surface area contributed by atoms with Crippen LogP contribution in [0.1, 0.15) is 56.6 Å². The van der Waals surface area contributed by atoms with Crippen molar-refractivity contribution < 1.29 is 9.84 Å². The summed E-state index contributed by atoms with van der Waals surface area (Å²) in [5.74, 6) is 1.41. The average molecular weight is 248 g/mol. The number of benzene rings is 1. The zero-order valence-corrected chi connectivity index (χ0v) is 11.7. The van der Waals surface area contributed by atoms with Gasteiger partial charge in [0.25, 0.3) is 0 Å². The minimum Gasteiger partial charge on any atom is -0.491 e. The third kappa shape index (κ3) is 3.05. The van der Waals surface area contributed by atoms with Crippen LogP contribution in [0.25, 0.3) is 0 Å². The van der Waals surface area contributed by atoms with Crippen molar-refractivity contribution in [1.29, 1.82) is 0 Å². The Bertz CT molecular complexity index is 404. The molecule has 1 aromatic rings. The molecule has 0 aliphatic heterocycles. The molecular formula is C16H24O2. The highest BCUT2D eigenvalue weighted by Crippen LogP contribution is 2.30. The van der Waals surface area contributed by atoms with Gasteiger partial charge in [-0.25, -0.2) is 0 Å². The molecule has 1 fully saturated rings. The molecule has 0 atom stereocenters. The van der Waals surface area contributed by atoms with Gasteiger partial charge < -0.3 is 9.84 Å². The van der Waals surface area contributed by atoms with E-state index in [-0.39, 0.29) is 0 Å². The molecule has 0 saturated heterocycles. The predicted molar refractivity (Wildman–Crippen MR) is 74.2 cm³/mol. The molecule has 1 aromatic carbocycles. The fraction of sp³-hybridized carbons (Fsp3) is 0.625. The molecule has 0 radical (unpaired) electrons. The molecule has 0 bridgehead atoms. The van der Waals surface area contributed by atoms with E-state index in [2.05, 4.69) is 32.9 Å². The Balaban J connectivity index is 2.00. The molecule has 0 unspecified atom stereocenters. The Hall–Kier alpha value is -1.02. The van der Waals surface area contributed by atoms with Gasteiger partial charge in [0.2, 0.25) is 0 Å². The molecule has 1 N–H and O–H groups in total. The number of ether oxygens (including phenoxy) is 1. The number of aryl methyl sites for hydroxylation is 1. The van der Waals surface area contributed by atoms with Gasteiger partial charge in [-0.1, -0.05) is 32.8 Å². The quantitative estimate of drug-likeness (QED) is 0.878. The standard InChI is InChI=1S/C16H24O2/c1-12(2)15-7-6-14(10-13(15)3)18-11-16(17)8-4-5-9-16/h6-7,10,12,17H,4-5,8-9,11H2,1-3H3. The van der Waals surface area contributed by atoms with Gasteiger partial charge in [-0.3, -0.25) is 0 Å². The van der Waals surface area contributed by atoms with Crippen molar-refractivity contribution in [3.05, 3.63) is 29.3 Å². The summed E-state index contributed by atoms with van der Waals surface area (Å²) in [6, 6.07) is 6.22. The van der Waals surface area contributed by atoms with Gasteiger partial charge in [-0.2, -0.15) is 0 Å². The van der Waals surface area contributed by atoms with Crippen molar-refractivity contribution in [1.82, 2.24) is 0 Å². The van der Waals surface area contributed by atoms with Gasteiger partial charge >= 0.3 is 0 Å². The van der Waals surface area contributed by atoms with Crippen LogP contribution in [-0.2, 0) is 0 Å². The summed E-state index contributed by atoms with van der Waals surface area (Å²) in [6.07, 6.45) is 3.97. The number of hydrogen-bond acceptors (Lipinski definition) is 2. The van der Waals surface area contributed by atoms with Crippen LogP contribution in [0.3, 0.4) is 0 Å². The number of hydrogen-bond donors (Lipinski definition) is 1. The Labute approximate surface area is 110 Å². The molecule has 2 rings (SSSR count). The lowest BCUT2D eigenvalue weighted by atomic mass is 9.98. The number of aliphatic hydroxyl groups is 1. The van der Waals surface area contributed by atoms with E-state index in [0.717, 1.165) is 31.4 Å². The summed E-state index contributed by atoms with van der Waals surface area (Å²) in [5, 5.41) is 10.2. The first-order valence-electron chi connectivity index (χ1n) is 6.96. The molecule has 1 saturated carbocycles. The monoisotopic (exact) mass is 248 g/mol. The van der Waals surface area contributed by atoms with Gasteiger partial charge in [0.15, 0.2) is 0 Å². The highest BCUT2D eigenvalue weighted by atomic mass is 16.5. The van der Waals surface area contributed by atoms with Crippen molar-refractivity contribution in [2.45, 2.75) is 58.0 Å². The van der Waals surface area contributed by atoms with E-state index < -0.39 is 5.60 Å². The van der Waals surface area contributed by atoms with Gasteiger partial charge in [0, 0.05) is 0 Å². The van der Waals surface area contributed by atoms with Crippen LogP contribution in [0, 0.1) is 6.92 Å². The van der Waals surface area contributed by atoms with Crippen molar-refractivity contribution in [3.63, 3.8) is 0 Å². The molecule has 1 aliphatic rings. The molecular weight excluding hydrogens is 224 g/mol. The lowest BCUT2D eigenvalue weighted by molar-refractivity contribution is 0.00138. The summed E-state index contributed by atoms with van der Waals surface area (Å²) in [5.41, 5.74) is 2.03. The largest absolute Gasteiger partial charge is 0.491 e. The highest BCUT2D eigenvalue weighted by molar-refractivity contribution is 5.36. The van der Waals surface area contributed by atoms with Crippen LogP contribution in [-0.4, -0.2) is 17.3 Å². The third-order valence-electron chi connectivity index (χ3n) is 3.91. The molecule has 0 heterocycles. The summed E-state index contributed by atoms with van der Waals surface area (Å²) in [6.45, 7) is 6.94. The van der Waals surface area contributed by atoms with E-state index in [0.29, 0.717) is 12.5 Å². The summed E-state index contributed by atoms with van der Waals surface area (Å²) < 4.78 is 5.76. The van der Waals surface area contributed by atoms with Crippen LogP contribution in [0.15, 0.2) is 18.2 Å². The average Bonchev–Trinajstić information content (AvgIpc) is 2.74. The van der Waals surface area contributed by atoms with Gasteiger partial charge in [-0.05, 0) is 48.9 Å². The summed E-state index contributed by atoms with van der Waals surface area (Å²) in [4.78, 5) is 0. The van der Waals surface area contributed by atoms with Crippen LogP contribution in [0.2, 0.25) is 0 Å². The van der Waals surface area contributed by atoms with Crippen LogP contribution in [0.5, 0.6) is 5.75 Å². The first-order valence-corrected chi connectivity index (χ1v) is 6.96. The smallest absolute Gasteiger partial charge is 0.119 e. The van der Waals surface area contributed by atoms with Crippen molar-refractivity contribution in [3.8, 4) is 5.75 Å². The fourth-order valence-corrected chi connectivity index (χ4v) is 2.78. The minimum absolute atomic E-state index is 0.424. The van der Waals surface area contributed by atoms with Crippen LogP contribution in [0.4, 0.5) is 0 Å². The molecule has 2 heteroatoms. The molecule has 0 amide bonds. The summed E-state index contributed by atoms with van der Waals surface area (Å²) in [7, 11) is 0.